The van der Waals surface area contributed by atoms with Gasteiger partial charge in [0.25, 0.3) is 0 Å². The van der Waals surface area contributed by atoms with E-state index in [0.29, 0.717) is 24.2 Å². The Balaban J connectivity index is 1.68. The second-order valence-electron chi connectivity index (χ2n) is 4.57. The maximum absolute atomic E-state index is 11.9. The number of esters is 1. The van der Waals surface area contributed by atoms with E-state index in [1.807, 2.05) is 30.3 Å². The summed E-state index contributed by atoms with van der Waals surface area (Å²) in [5.41, 5.74) is 2.77. The van der Waals surface area contributed by atoms with Gasteiger partial charge in [-0.3, -0.25) is 4.79 Å². The number of fused-ring (bicyclic) bond motifs is 1. The standard InChI is InChI=1S/C15H13NO3/c17-13-7-6-11-8-12(16-14(11)13)15(18)19-9-10-4-2-1-3-5-10/h1-5,8,16H,6-7,9H2. The molecule has 96 valence electrons. The maximum atomic E-state index is 11.9. The third kappa shape index (κ3) is 2.29. The zero-order valence-electron chi connectivity index (χ0n) is 10.3. The molecule has 0 atom stereocenters. The second kappa shape index (κ2) is 4.72. The van der Waals surface area contributed by atoms with Crippen molar-refractivity contribution in [1.29, 1.82) is 0 Å². The molecule has 3 rings (SSSR count). The van der Waals surface area contributed by atoms with E-state index in [2.05, 4.69) is 4.98 Å². The number of ketones is 1. The smallest absolute Gasteiger partial charge is 0.355 e. The predicted octanol–water partition coefficient (Wildman–Crippen LogP) is 2.50. The zero-order valence-corrected chi connectivity index (χ0v) is 10.3. The van der Waals surface area contributed by atoms with E-state index in [1.165, 1.54) is 0 Å². The van der Waals surface area contributed by atoms with Crippen molar-refractivity contribution in [2.75, 3.05) is 0 Å². The van der Waals surface area contributed by atoms with Crippen LogP contribution in [0.4, 0.5) is 0 Å². The number of aromatic amines is 1. The van der Waals surface area contributed by atoms with Crippen molar-refractivity contribution in [1.82, 2.24) is 4.98 Å². The van der Waals surface area contributed by atoms with Gasteiger partial charge in [-0.1, -0.05) is 30.3 Å². The summed E-state index contributed by atoms with van der Waals surface area (Å²) in [6.45, 7) is 0.233. The Morgan fingerprint density at radius 2 is 2.00 bits per heavy atom. The summed E-state index contributed by atoms with van der Waals surface area (Å²) in [7, 11) is 0. The fraction of sp³-hybridized carbons (Fsp3) is 0.200. The summed E-state index contributed by atoms with van der Waals surface area (Å²) in [6, 6.07) is 11.2. The number of nitrogens with one attached hydrogen (secondary N) is 1. The highest BCUT2D eigenvalue weighted by Gasteiger charge is 2.24. The summed E-state index contributed by atoms with van der Waals surface area (Å²) >= 11 is 0. The van der Waals surface area contributed by atoms with Crippen LogP contribution in [0.3, 0.4) is 0 Å². The topological polar surface area (TPSA) is 59.2 Å². The number of carbonyl (C=O) groups is 2. The number of rotatable bonds is 3. The normalized spacial score (nSPS) is 13.4. The van der Waals surface area contributed by atoms with E-state index in [0.717, 1.165) is 11.1 Å². The molecule has 1 N–H and O–H groups in total. The Labute approximate surface area is 110 Å². The van der Waals surface area contributed by atoms with Crippen LogP contribution >= 0.6 is 0 Å². The molecule has 0 unspecified atom stereocenters. The number of aromatic nitrogens is 1. The quantitative estimate of drug-likeness (QED) is 0.857. The van der Waals surface area contributed by atoms with Crippen molar-refractivity contribution in [2.45, 2.75) is 19.4 Å². The number of carbonyl (C=O) groups excluding carboxylic acids is 2. The molecule has 0 aliphatic heterocycles. The Bertz CT molecular complexity index is 628. The van der Waals surface area contributed by atoms with E-state index in [9.17, 15) is 9.59 Å². The number of ether oxygens (including phenoxy) is 1. The molecule has 0 fully saturated rings. The molecule has 1 aromatic carbocycles. The van der Waals surface area contributed by atoms with Gasteiger partial charge in [0.2, 0.25) is 0 Å². The van der Waals surface area contributed by atoms with Crippen LogP contribution in [0.1, 0.15) is 38.5 Å². The van der Waals surface area contributed by atoms with Gasteiger partial charge in [0.15, 0.2) is 5.78 Å². The molecule has 4 heteroatoms. The summed E-state index contributed by atoms with van der Waals surface area (Å²) < 4.78 is 5.20. The molecule has 1 heterocycles. The third-order valence-corrected chi connectivity index (χ3v) is 3.23. The highest BCUT2D eigenvalue weighted by Crippen LogP contribution is 2.22. The number of aryl methyl sites for hydroxylation is 1. The summed E-state index contributed by atoms with van der Waals surface area (Å²) in [5, 5.41) is 0. The molecule has 1 aliphatic rings. The first-order chi connectivity index (χ1) is 9.24. The Kier molecular flexibility index (Phi) is 2.91. The van der Waals surface area contributed by atoms with Crippen LogP contribution in [0, 0.1) is 0 Å². The Morgan fingerprint density at radius 1 is 1.21 bits per heavy atom. The van der Waals surface area contributed by atoms with Crippen molar-refractivity contribution >= 4 is 11.8 Å². The Morgan fingerprint density at radius 3 is 2.74 bits per heavy atom. The fourth-order valence-electron chi connectivity index (χ4n) is 2.23. The van der Waals surface area contributed by atoms with E-state index in [4.69, 9.17) is 4.74 Å². The lowest BCUT2D eigenvalue weighted by Crippen LogP contribution is -2.06. The lowest BCUT2D eigenvalue weighted by molar-refractivity contribution is 0.0466. The number of Topliss-reactive ketones (excluding diaryl/α,β-unsaturated/α-hetero) is 1. The molecule has 0 bridgehead atoms. The van der Waals surface area contributed by atoms with Crippen molar-refractivity contribution in [3.8, 4) is 0 Å². The average molecular weight is 255 g/mol. The zero-order chi connectivity index (χ0) is 13.2. The summed E-state index contributed by atoms with van der Waals surface area (Å²) in [6.07, 6.45) is 1.23. The molecule has 0 amide bonds. The first-order valence-corrected chi connectivity index (χ1v) is 6.20. The van der Waals surface area contributed by atoms with Crippen LogP contribution in [0.25, 0.3) is 0 Å². The summed E-state index contributed by atoms with van der Waals surface area (Å²) in [4.78, 5) is 26.2. The minimum atomic E-state index is -0.425. The second-order valence-corrected chi connectivity index (χ2v) is 4.57. The SMILES string of the molecule is O=C(OCc1ccccc1)c1cc2c([nH]1)C(=O)CC2. The molecule has 19 heavy (non-hydrogen) atoms. The molecule has 0 radical (unpaired) electrons. The number of hydrogen-bond donors (Lipinski definition) is 1. The fourth-order valence-corrected chi connectivity index (χ4v) is 2.23. The van der Waals surface area contributed by atoms with Crippen molar-refractivity contribution < 1.29 is 14.3 Å². The lowest BCUT2D eigenvalue weighted by Gasteiger charge is -2.03. The maximum Gasteiger partial charge on any atom is 0.355 e. The monoisotopic (exact) mass is 255 g/mol. The van der Waals surface area contributed by atoms with E-state index >= 15 is 0 Å². The molecular weight excluding hydrogens is 242 g/mol. The van der Waals surface area contributed by atoms with Crippen LogP contribution in [0.2, 0.25) is 0 Å². The van der Waals surface area contributed by atoms with E-state index in [1.54, 1.807) is 6.07 Å². The number of benzene rings is 1. The molecule has 4 nitrogen and oxygen atoms in total. The minimum Gasteiger partial charge on any atom is -0.456 e. The lowest BCUT2D eigenvalue weighted by atomic mass is 10.2. The number of hydrogen-bond acceptors (Lipinski definition) is 3. The van der Waals surface area contributed by atoms with Crippen LogP contribution in [-0.4, -0.2) is 16.7 Å². The van der Waals surface area contributed by atoms with Gasteiger partial charge in [-0.2, -0.15) is 0 Å². The number of H-pyrrole nitrogens is 1. The highest BCUT2D eigenvalue weighted by molar-refractivity contribution is 6.01. The van der Waals surface area contributed by atoms with Gasteiger partial charge in [-0.05, 0) is 23.6 Å². The average Bonchev–Trinajstić information content (AvgIpc) is 3.00. The molecule has 0 saturated heterocycles. The molecule has 1 aliphatic carbocycles. The van der Waals surface area contributed by atoms with Crippen LogP contribution < -0.4 is 0 Å². The van der Waals surface area contributed by atoms with Crippen LogP contribution in [0.15, 0.2) is 36.4 Å². The van der Waals surface area contributed by atoms with E-state index in [-0.39, 0.29) is 12.4 Å². The summed E-state index contributed by atoms with van der Waals surface area (Å²) in [5.74, 6) is -0.358. The van der Waals surface area contributed by atoms with Gasteiger partial charge in [0.05, 0.1) is 5.69 Å². The van der Waals surface area contributed by atoms with Crippen molar-refractivity contribution in [3.05, 3.63) is 58.9 Å². The van der Waals surface area contributed by atoms with Gasteiger partial charge >= 0.3 is 5.97 Å². The van der Waals surface area contributed by atoms with Gasteiger partial charge < -0.3 is 9.72 Å². The first kappa shape index (κ1) is 11.7. The Hall–Kier alpha value is -2.36. The molecule has 2 aromatic rings. The first-order valence-electron chi connectivity index (χ1n) is 6.20. The van der Waals surface area contributed by atoms with E-state index < -0.39 is 5.97 Å². The minimum absolute atomic E-state index is 0.0668. The van der Waals surface area contributed by atoms with Gasteiger partial charge in [-0.25, -0.2) is 4.79 Å². The molecule has 0 saturated carbocycles. The highest BCUT2D eigenvalue weighted by atomic mass is 16.5. The predicted molar refractivity (Wildman–Crippen MR) is 69.0 cm³/mol. The molecule has 1 aromatic heterocycles. The van der Waals surface area contributed by atoms with Crippen LogP contribution in [0.5, 0.6) is 0 Å². The van der Waals surface area contributed by atoms with Crippen LogP contribution in [-0.2, 0) is 17.8 Å². The van der Waals surface area contributed by atoms with Gasteiger partial charge in [-0.15, -0.1) is 0 Å². The van der Waals surface area contributed by atoms with Gasteiger partial charge in [0.1, 0.15) is 12.3 Å². The van der Waals surface area contributed by atoms with Crippen molar-refractivity contribution in [2.24, 2.45) is 0 Å². The molecular formula is C15H13NO3. The largest absolute Gasteiger partial charge is 0.456 e. The van der Waals surface area contributed by atoms with Gasteiger partial charge in [0, 0.05) is 6.42 Å². The van der Waals surface area contributed by atoms with Crippen molar-refractivity contribution in [3.63, 3.8) is 0 Å². The third-order valence-electron chi connectivity index (χ3n) is 3.23. The molecule has 0 spiro atoms.